The van der Waals surface area contributed by atoms with Crippen molar-refractivity contribution < 1.29 is 19.9 Å². The number of amides is 2. The summed E-state index contributed by atoms with van der Waals surface area (Å²) >= 11 is 0. The molecule has 0 aromatic heterocycles. The minimum atomic E-state index is -0.868. The third kappa shape index (κ3) is 8.49. The third-order valence-corrected chi connectivity index (χ3v) is 2.08. The number of nitrogens with one attached hydrogen (secondary N) is 1. The van der Waals surface area contributed by atoms with E-state index in [0.717, 1.165) is 12.8 Å². The molecule has 0 radical (unpaired) electrons. The van der Waals surface area contributed by atoms with Gasteiger partial charge in [0.05, 0.1) is 6.10 Å². The molecule has 0 saturated carbocycles. The standard InChI is InChI=1S/C6H11NO3.C6H11NO/c1-3-5(8)4(2)6(9)7-10;1-3-4-5(2)6(7)8/h5,8,10H,2-3H2,1H3,(H,7,9);2-4H2,1H3,(H2,7,8). The van der Waals surface area contributed by atoms with E-state index in [4.69, 9.17) is 16.0 Å². The minimum Gasteiger partial charge on any atom is -0.388 e. The van der Waals surface area contributed by atoms with Gasteiger partial charge in [0.2, 0.25) is 5.91 Å². The average Bonchev–Trinajstić information content (AvgIpc) is 2.36. The van der Waals surface area contributed by atoms with E-state index in [9.17, 15) is 9.59 Å². The molecule has 2 amide bonds. The molecule has 1 unspecified atom stereocenters. The highest BCUT2D eigenvalue weighted by molar-refractivity contribution is 5.92. The summed E-state index contributed by atoms with van der Waals surface area (Å²) in [6.07, 6.45) is 1.19. The Kier molecular flexibility index (Phi) is 10.9. The Morgan fingerprint density at radius 3 is 2.06 bits per heavy atom. The monoisotopic (exact) mass is 258 g/mol. The lowest BCUT2D eigenvalue weighted by atomic mass is 10.1. The zero-order chi connectivity index (χ0) is 14.7. The van der Waals surface area contributed by atoms with E-state index in [-0.39, 0.29) is 11.5 Å². The molecule has 18 heavy (non-hydrogen) atoms. The first-order chi connectivity index (χ1) is 8.31. The van der Waals surface area contributed by atoms with E-state index in [1.54, 1.807) is 6.92 Å². The van der Waals surface area contributed by atoms with Crippen LogP contribution in [0.1, 0.15) is 33.1 Å². The molecule has 0 aliphatic heterocycles. The number of aliphatic hydroxyl groups excluding tert-OH is 1. The number of primary amides is 1. The van der Waals surface area contributed by atoms with Crippen LogP contribution in [-0.2, 0) is 9.59 Å². The smallest absolute Gasteiger partial charge is 0.272 e. The largest absolute Gasteiger partial charge is 0.388 e. The zero-order valence-electron chi connectivity index (χ0n) is 10.9. The lowest BCUT2D eigenvalue weighted by molar-refractivity contribution is -0.126. The number of hydrogen-bond donors (Lipinski definition) is 4. The molecule has 0 aromatic rings. The fourth-order valence-corrected chi connectivity index (χ4v) is 0.895. The summed E-state index contributed by atoms with van der Waals surface area (Å²) < 4.78 is 0. The van der Waals surface area contributed by atoms with Crippen molar-refractivity contribution in [1.82, 2.24) is 5.48 Å². The van der Waals surface area contributed by atoms with Gasteiger partial charge in [0.15, 0.2) is 0 Å². The van der Waals surface area contributed by atoms with Crippen LogP contribution in [0.3, 0.4) is 0 Å². The van der Waals surface area contributed by atoms with Crippen LogP contribution in [0.5, 0.6) is 0 Å². The number of aliphatic hydroxyl groups is 1. The van der Waals surface area contributed by atoms with Gasteiger partial charge in [0.1, 0.15) is 0 Å². The maximum absolute atomic E-state index is 10.5. The summed E-state index contributed by atoms with van der Waals surface area (Å²) in [6.45, 7) is 10.4. The predicted molar refractivity (Wildman–Crippen MR) is 68.6 cm³/mol. The summed E-state index contributed by atoms with van der Waals surface area (Å²) in [6, 6.07) is 0. The molecule has 0 bridgehead atoms. The fraction of sp³-hybridized carbons (Fsp3) is 0.500. The number of carbonyl (C=O) groups excluding carboxylic acids is 2. The Morgan fingerprint density at radius 2 is 1.83 bits per heavy atom. The molecule has 0 aliphatic carbocycles. The van der Waals surface area contributed by atoms with Crippen LogP contribution < -0.4 is 11.2 Å². The summed E-state index contributed by atoms with van der Waals surface area (Å²) in [5.74, 6) is -1.12. The fourth-order valence-electron chi connectivity index (χ4n) is 0.895. The van der Waals surface area contributed by atoms with Gasteiger partial charge in [-0.1, -0.05) is 33.4 Å². The van der Waals surface area contributed by atoms with Gasteiger partial charge in [0, 0.05) is 11.1 Å². The van der Waals surface area contributed by atoms with Gasteiger partial charge < -0.3 is 10.8 Å². The van der Waals surface area contributed by atoms with E-state index >= 15 is 0 Å². The van der Waals surface area contributed by atoms with E-state index in [1.165, 1.54) is 5.48 Å². The van der Waals surface area contributed by atoms with Crippen molar-refractivity contribution in [3.05, 3.63) is 24.3 Å². The van der Waals surface area contributed by atoms with Crippen molar-refractivity contribution in [2.75, 3.05) is 0 Å². The van der Waals surface area contributed by atoms with Gasteiger partial charge in [-0.05, 0) is 12.8 Å². The molecule has 1 atom stereocenters. The van der Waals surface area contributed by atoms with Crippen molar-refractivity contribution in [2.24, 2.45) is 5.73 Å². The van der Waals surface area contributed by atoms with Gasteiger partial charge in [-0.25, -0.2) is 5.48 Å². The highest BCUT2D eigenvalue weighted by Crippen LogP contribution is 2.02. The van der Waals surface area contributed by atoms with E-state index in [2.05, 4.69) is 13.2 Å². The van der Waals surface area contributed by atoms with Crippen LogP contribution in [0.25, 0.3) is 0 Å². The summed E-state index contributed by atoms with van der Waals surface area (Å²) in [4.78, 5) is 20.7. The molecule has 0 heterocycles. The van der Waals surface area contributed by atoms with Crippen molar-refractivity contribution >= 4 is 11.8 Å². The predicted octanol–water partition coefficient (Wildman–Crippen LogP) is 0.647. The van der Waals surface area contributed by atoms with Crippen molar-refractivity contribution in [1.29, 1.82) is 0 Å². The topological polar surface area (TPSA) is 113 Å². The maximum Gasteiger partial charge on any atom is 0.272 e. The Morgan fingerprint density at radius 1 is 1.33 bits per heavy atom. The van der Waals surface area contributed by atoms with Crippen LogP contribution in [0.15, 0.2) is 24.3 Å². The molecular weight excluding hydrogens is 236 g/mol. The first-order valence-electron chi connectivity index (χ1n) is 5.60. The van der Waals surface area contributed by atoms with Crippen LogP contribution in [-0.4, -0.2) is 28.2 Å². The number of hydrogen-bond acceptors (Lipinski definition) is 4. The molecule has 6 heteroatoms. The van der Waals surface area contributed by atoms with Crippen LogP contribution in [0.4, 0.5) is 0 Å². The summed E-state index contributed by atoms with van der Waals surface area (Å²) in [7, 11) is 0. The quantitative estimate of drug-likeness (QED) is 0.318. The Bertz CT molecular complexity index is 313. The highest BCUT2D eigenvalue weighted by Gasteiger charge is 2.12. The lowest BCUT2D eigenvalue weighted by Gasteiger charge is -2.07. The Hall–Kier alpha value is -1.66. The van der Waals surface area contributed by atoms with Gasteiger partial charge in [-0.3, -0.25) is 14.8 Å². The van der Waals surface area contributed by atoms with Crippen LogP contribution >= 0.6 is 0 Å². The second-order valence-corrected chi connectivity index (χ2v) is 3.61. The number of hydroxylamine groups is 1. The molecule has 104 valence electrons. The molecule has 5 N–H and O–H groups in total. The van der Waals surface area contributed by atoms with Crippen LogP contribution in [0.2, 0.25) is 0 Å². The maximum atomic E-state index is 10.5. The Labute approximate surface area is 107 Å². The zero-order valence-corrected chi connectivity index (χ0v) is 10.9. The van der Waals surface area contributed by atoms with Crippen molar-refractivity contribution in [2.45, 2.75) is 39.2 Å². The second-order valence-electron chi connectivity index (χ2n) is 3.61. The molecule has 0 spiro atoms. The molecule has 0 fully saturated rings. The molecule has 0 rings (SSSR count). The molecule has 0 aromatic carbocycles. The van der Waals surface area contributed by atoms with E-state index in [0.29, 0.717) is 12.0 Å². The van der Waals surface area contributed by atoms with Crippen molar-refractivity contribution in [3.63, 3.8) is 0 Å². The number of nitrogens with two attached hydrogens (primary N) is 1. The molecule has 0 saturated heterocycles. The molecular formula is C12H22N2O4. The van der Waals surface area contributed by atoms with Gasteiger partial charge in [-0.15, -0.1) is 0 Å². The molecule has 6 nitrogen and oxygen atoms in total. The third-order valence-electron chi connectivity index (χ3n) is 2.08. The summed E-state index contributed by atoms with van der Waals surface area (Å²) in [5.41, 5.74) is 6.76. The normalized spacial score (nSPS) is 10.7. The lowest BCUT2D eigenvalue weighted by Crippen LogP contribution is -2.26. The van der Waals surface area contributed by atoms with Crippen LogP contribution in [0, 0.1) is 0 Å². The first kappa shape index (κ1) is 18.7. The SMILES string of the molecule is C=C(C(=O)NO)C(O)CC.C=C(CCC)C(N)=O. The second kappa shape index (κ2) is 10.5. The Balaban J connectivity index is 0. The van der Waals surface area contributed by atoms with Gasteiger partial charge in [-0.2, -0.15) is 0 Å². The molecule has 0 aliphatic rings. The summed E-state index contributed by atoms with van der Waals surface area (Å²) in [5, 5.41) is 17.0. The number of rotatable bonds is 6. The average molecular weight is 258 g/mol. The number of carbonyl (C=O) groups is 2. The highest BCUT2D eigenvalue weighted by atomic mass is 16.5. The minimum absolute atomic E-state index is 0.0231. The van der Waals surface area contributed by atoms with E-state index < -0.39 is 12.0 Å². The van der Waals surface area contributed by atoms with Gasteiger partial charge in [0.25, 0.3) is 5.91 Å². The van der Waals surface area contributed by atoms with Crippen molar-refractivity contribution in [3.8, 4) is 0 Å². The van der Waals surface area contributed by atoms with Gasteiger partial charge >= 0.3 is 0 Å². The van der Waals surface area contributed by atoms with E-state index in [1.807, 2.05) is 6.92 Å². The first-order valence-corrected chi connectivity index (χ1v) is 5.60.